The van der Waals surface area contributed by atoms with Gasteiger partial charge in [0.15, 0.2) is 0 Å². The average Bonchev–Trinajstić information content (AvgIpc) is 2.44. The van der Waals surface area contributed by atoms with E-state index in [2.05, 4.69) is 5.32 Å². The molecule has 0 heterocycles. The lowest BCUT2D eigenvalue weighted by molar-refractivity contribution is 0.0696. The summed E-state index contributed by atoms with van der Waals surface area (Å²) in [5, 5.41) is 11.8. The Balaban J connectivity index is 1.87. The molecule has 0 unspecified atom stereocenters. The molecule has 0 radical (unpaired) electrons. The van der Waals surface area contributed by atoms with E-state index in [1.807, 2.05) is 17.9 Å². The lowest BCUT2D eigenvalue weighted by Crippen LogP contribution is -2.43. The zero-order valence-corrected chi connectivity index (χ0v) is 12.3. The number of hydrogen-bond acceptors (Lipinski definition) is 2. The number of carbonyl (C=O) groups is 2. The fourth-order valence-electron chi connectivity index (χ4n) is 2.45. The second kappa shape index (κ2) is 7.11. The highest BCUT2D eigenvalue weighted by Crippen LogP contribution is 2.27. The Hall–Kier alpha value is -2.04. The van der Waals surface area contributed by atoms with Crippen molar-refractivity contribution in [3.05, 3.63) is 35.4 Å². The Morgan fingerprint density at radius 3 is 2.71 bits per heavy atom. The van der Waals surface area contributed by atoms with E-state index in [9.17, 15) is 9.59 Å². The molecule has 2 amide bonds. The molecule has 0 atom stereocenters. The summed E-state index contributed by atoms with van der Waals surface area (Å²) >= 11 is 0. The molecule has 0 aromatic heterocycles. The van der Waals surface area contributed by atoms with E-state index in [1.54, 1.807) is 18.2 Å². The lowest BCUT2D eigenvalue weighted by Gasteiger charge is -2.31. The molecule has 1 aliphatic rings. The van der Waals surface area contributed by atoms with E-state index in [0.29, 0.717) is 19.0 Å². The summed E-state index contributed by atoms with van der Waals surface area (Å²) in [4.78, 5) is 24.9. The third-order valence-electron chi connectivity index (χ3n) is 3.99. The topological polar surface area (TPSA) is 69.6 Å². The van der Waals surface area contributed by atoms with Crippen molar-refractivity contribution in [1.29, 1.82) is 0 Å². The van der Waals surface area contributed by atoms with Crippen LogP contribution in [0.2, 0.25) is 0 Å². The number of benzene rings is 1. The Bertz CT molecular complexity index is 512. The van der Waals surface area contributed by atoms with Crippen molar-refractivity contribution in [1.82, 2.24) is 10.2 Å². The van der Waals surface area contributed by atoms with Crippen LogP contribution in [0.3, 0.4) is 0 Å². The maximum atomic E-state index is 12.1. The van der Waals surface area contributed by atoms with Gasteiger partial charge in [0.25, 0.3) is 0 Å². The molecule has 1 fully saturated rings. The van der Waals surface area contributed by atoms with Crippen molar-refractivity contribution >= 4 is 12.0 Å². The summed E-state index contributed by atoms with van der Waals surface area (Å²) in [5.41, 5.74) is 1.03. The number of carbonyl (C=O) groups excluding carboxylic acids is 1. The fraction of sp³-hybridized carbons (Fsp3) is 0.500. The van der Waals surface area contributed by atoms with Crippen LogP contribution in [0, 0.1) is 5.92 Å². The summed E-state index contributed by atoms with van der Waals surface area (Å²) < 4.78 is 0. The number of urea groups is 1. The number of carboxylic acids is 1. The van der Waals surface area contributed by atoms with E-state index >= 15 is 0 Å². The predicted octanol–water partition coefficient (Wildman–Crippen LogP) is 2.72. The van der Waals surface area contributed by atoms with Gasteiger partial charge in [0.05, 0.1) is 5.56 Å². The molecule has 0 saturated heterocycles. The first kappa shape index (κ1) is 15.4. The molecule has 0 spiro atoms. The van der Waals surface area contributed by atoms with Gasteiger partial charge < -0.3 is 15.3 Å². The zero-order chi connectivity index (χ0) is 15.2. The number of rotatable bonds is 6. The van der Waals surface area contributed by atoms with E-state index in [-0.39, 0.29) is 11.6 Å². The van der Waals surface area contributed by atoms with Gasteiger partial charge in [-0.05, 0) is 43.4 Å². The van der Waals surface area contributed by atoms with Crippen molar-refractivity contribution in [3.8, 4) is 0 Å². The molecule has 2 N–H and O–H groups in total. The summed E-state index contributed by atoms with van der Waals surface area (Å²) in [6.45, 7) is 3.83. The second-order valence-corrected chi connectivity index (χ2v) is 5.50. The number of carboxylic acid groups (broad SMARTS) is 1. The second-order valence-electron chi connectivity index (χ2n) is 5.50. The number of nitrogens with one attached hydrogen (secondary N) is 1. The van der Waals surface area contributed by atoms with Gasteiger partial charge in [-0.2, -0.15) is 0 Å². The third-order valence-corrected chi connectivity index (χ3v) is 3.99. The molecular formula is C16H22N2O3. The van der Waals surface area contributed by atoms with Crippen LogP contribution in [0.4, 0.5) is 4.79 Å². The number of hydrogen-bond donors (Lipinski definition) is 2. The number of aromatic carboxylic acids is 1. The molecule has 1 aromatic carbocycles. The van der Waals surface area contributed by atoms with E-state index in [1.165, 1.54) is 19.3 Å². The normalized spacial score (nSPS) is 14.3. The van der Waals surface area contributed by atoms with E-state index in [4.69, 9.17) is 5.11 Å². The highest BCUT2D eigenvalue weighted by atomic mass is 16.4. The highest BCUT2D eigenvalue weighted by molar-refractivity contribution is 5.87. The van der Waals surface area contributed by atoms with E-state index in [0.717, 1.165) is 12.1 Å². The predicted molar refractivity (Wildman–Crippen MR) is 80.2 cm³/mol. The standard InChI is InChI=1S/C16H22N2O3/c1-2-18(11-12-5-3-6-12)16(21)17-10-13-7-4-8-14(9-13)15(19)20/h4,7-9,12H,2-3,5-6,10-11H2,1H3,(H,17,21)(H,19,20). The van der Waals surface area contributed by atoms with Crippen molar-refractivity contribution in [3.63, 3.8) is 0 Å². The largest absolute Gasteiger partial charge is 0.478 e. The molecule has 0 aliphatic heterocycles. The molecule has 0 bridgehead atoms. The summed E-state index contributed by atoms with van der Waals surface area (Å²) in [5.74, 6) is -0.311. The van der Waals surface area contributed by atoms with Crippen LogP contribution < -0.4 is 5.32 Å². The molecule has 2 rings (SSSR count). The zero-order valence-electron chi connectivity index (χ0n) is 12.3. The Morgan fingerprint density at radius 1 is 1.38 bits per heavy atom. The summed E-state index contributed by atoms with van der Waals surface area (Å²) in [7, 11) is 0. The maximum absolute atomic E-state index is 12.1. The number of amides is 2. The first-order valence-electron chi connectivity index (χ1n) is 7.45. The van der Waals surface area contributed by atoms with Gasteiger partial charge in [0.1, 0.15) is 0 Å². The van der Waals surface area contributed by atoms with Crippen LogP contribution >= 0.6 is 0 Å². The minimum atomic E-state index is -0.955. The molecule has 5 heteroatoms. The van der Waals surface area contributed by atoms with Crippen molar-refractivity contribution in [2.24, 2.45) is 5.92 Å². The maximum Gasteiger partial charge on any atom is 0.335 e. The Morgan fingerprint density at radius 2 is 2.14 bits per heavy atom. The Kier molecular flexibility index (Phi) is 5.20. The van der Waals surface area contributed by atoms with Crippen molar-refractivity contribution in [2.75, 3.05) is 13.1 Å². The molecule has 21 heavy (non-hydrogen) atoms. The van der Waals surface area contributed by atoms with Crippen LogP contribution in [-0.4, -0.2) is 35.1 Å². The van der Waals surface area contributed by atoms with Gasteiger partial charge >= 0.3 is 12.0 Å². The van der Waals surface area contributed by atoms with Crippen molar-refractivity contribution < 1.29 is 14.7 Å². The first-order valence-corrected chi connectivity index (χ1v) is 7.45. The summed E-state index contributed by atoms with van der Waals surface area (Å²) in [6.07, 6.45) is 3.70. The van der Waals surface area contributed by atoms with Crippen LogP contribution in [-0.2, 0) is 6.54 Å². The van der Waals surface area contributed by atoms with Crippen LogP contribution in [0.5, 0.6) is 0 Å². The minimum Gasteiger partial charge on any atom is -0.478 e. The SMILES string of the molecule is CCN(CC1CCC1)C(=O)NCc1cccc(C(=O)O)c1. The molecule has 1 aromatic rings. The lowest BCUT2D eigenvalue weighted by atomic mass is 9.85. The Labute approximate surface area is 125 Å². The number of nitrogens with zero attached hydrogens (tertiary/aromatic N) is 1. The smallest absolute Gasteiger partial charge is 0.335 e. The van der Waals surface area contributed by atoms with Gasteiger partial charge in [0, 0.05) is 19.6 Å². The molecule has 1 aliphatic carbocycles. The van der Waals surface area contributed by atoms with Gasteiger partial charge in [-0.15, -0.1) is 0 Å². The van der Waals surface area contributed by atoms with Gasteiger partial charge in [-0.3, -0.25) is 0 Å². The molecule has 1 saturated carbocycles. The monoisotopic (exact) mass is 290 g/mol. The summed E-state index contributed by atoms with van der Waals surface area (Å²) in [6, 6.07) is 6.56. The van der Waals surface area contributed by atoms with Gasteiger partial charge in [-0.25, -0.2) is 9.59 Å². The minimum absolute atomic E-state index is 0.0786. The third kappa shape index (κ3) is 4.21. The molecular weight excluding hydrogens is 268 g/mol. The van der Waals surface area contributed by atoms with Crippen molar-refractivity contribution in [2.45, 2.75) is 32.7 Å². The van der Waals surface area contributed by atoms with E-state index < -0.39 is 5.97 Å². The molecule has 5 nitrogen and oxygen atoms in total. The highest BCUT2D eigenvalue weighted by Gasteiger charge is 2.22. The van der Waals surface area contributed by atoms with Crippen LogP contribution in [0.25, 0.3) is 0 Å². The van der Waals surface area contributed by atoms with Gasteiger partial charge in [-0.1, -0.05) is 18.6 Å². The van der Waals surface area contributed by atoms with Crippen LogP contribution in [0.15, 0.2) is 24.3 Å². The average molecular weight is 290 g/mol. The quantitative estimate of drug-likeness (QED) is 0.846. The fourth-order valence-corrected chi connectivity index (χ4v) is 2.45. The molecule has 114 valence electrons. The first-order chi connectivity index (χ1) is 10.1. The van der Waals surface area contributed by atoms with Crippen LogP contribution in [0.1, 0.15) is 42.1 Å². The van der Waals surface area contributed by atoms with Gasteiger partial charge in [0.2, 0.25) is 0 Å².